The maximum absolute atomic E-state index is 10.6. The Morgan fingerprint density at radius 1 is 1.53 bits per heavy atom. The monoisotopic (exact) mass is 217 g/mol. The minimum absolute atomic E-state index is 0.295. The van der Waals surface area contributed by atoms with E-state index in [2.05, 4.69) is 5.32 Å². The van der Waals surface area contributed by atoms with Crippen LogP contribution in [0.4, 0.5) is 0 Å². The number of hydrogen-bond donors (Lipinski definition) is 4. The Balaban J connectivity index is 3.79. The maximum atomic E-state index is 10.6. The topological polar surface area (TPSA) is 101 Å². The fraction of sp³-hybridized carbons (Fsp3) is 0.900. The molecule has 2 atom stereocenters. The molecular weight excluding hydrogens is 194 g/mol. The van der Waals surface area contributed by atoms with Crippen molar-refractivity contribution in [2.24, 2.45) is 17.4 Å². The Morgan fingerprint density at radius 3 is 2.47 bits per heavy atom. The van der Waals surface area contributed by atoms with E-state index in [1.165, 1.54) is 0 Å². The van der Waals surface area contributed by atoms with Crippen LogP contribution in [0.25, 0.3) is 0 Å². The first-order valence-corrected chi connectivity index (χ1v) is 5.22. The summed E-state index contributed by atoms with van der Waals surface area (Å²) in [5.74, 6) is -0.113. The smallest absolute Gasteiger partial charge is 0.235 e. The Bertz CT molecular complexity index is 205. The zero-order valence-electron chi connectivity index (χ0n) is 9.79. The van der Waals surface area contributed by atoms with Gasteiger partial charge in [-0.1, -0.05) is 13.8 Å². The highest BCUT2D eigenvalue weighted by molar-refractivity contribution is 5.79. The molecule has 0 aliphatic rings. The summed E-state index contributed by atoms with van der Waals surface area (Å²) in [7, 11) is 0. The molecule has 0 fully saturated rings. The van der Waals surface area contributed by atoms with E-state index in [0.717, 1.165) is 0 Å². The van der Waals surface area contributed by atoms with E-state index in [0.29, 0.717) is 25.4 Å². The van der Waals surface area contributed by atoms with Crippen LogP contribution in [0, 0.1) is 5.92 Å². The molecule has 1 amide bonds. The third-order valence-corrected chi connectivity index (χ3v) is 2.08. The van der Waals surface area contributed by atoms with Crippen molar-refractivity contribution >= 4 is 5.91 Å². The van der Waals surface area contributed by atoms with Crippen LogP contribution in [0.5, 0.6) is 0 Å². The van der Waals surface area contributed by atoms with Gasteiger partial charge in [0.1, 0.15) is 0 Å². The number of carbonyl (C=O) groups excluding carboxylic acids is 1. The molecule has 0 rings (SSSR count). The number of carbonyl (C=O) groups is 1. The molecular formula is C10H23N3O2. The summed E-state index contributed by atoms with van der Waals surface area (Å²) in [4.78, 5) is 10.6. The van der Waals surface area contributed by atoms with E-state index < -0.39 is 17.6 Å². The zero-order chi connectivity index (χ0) is 12.1. The highest BCUT2D eigenvalue weighted by Crippen LogP contribution is 2.14. The van der Waals surface area contributed by atoms with E-state index in [1.807, 2.05) is 13.8 Å². The standard InChI is InChI=1S/C10H23N3O2/c1-7(2)4-10(3,15)6-13-5-8(11)9(12)14/h7-8,13,15H,4-6,11H2,1-3H3,(H2,12,14). The zero-order valence-corrected chi connectivity index (χ0v) is 9.79. The van der Waals surface area contributed by atoms with Gasteiger partial charge in [0, 0.05) is 13.1 Å². The second-order valence-corrected chi connectivity index (χ2v) is 4.73. The van der Waals surface area contributed by atoms with Crippen LogP contribution in [0.1, 0.15) is 27.2 Å². The molecule has 0 saturated carbocycles. The molecule has 0 saturated heterocycles. The lowest BCUT2D eigenvalue weighted by molar-refractivity contribution is -0.119. The van der Waals surface area contributed by atoms with Gasteiger partial charge in [-0.05, 0) is 19.3 Å². The average molecular weight is 217 g/mol. The van der Waals surface area contributed by atoms with Gasteiger partial charge in [0.05, 0.1) is 11.6 Å². The van der Waals surface area contributed by atoms with Gasteiger partial charge >= 0.3 is 0 Å². The summed E-state index contributed by atoms with van der Waals surface area (Å²) in [6.07, 6.45) is 0.700. The minimum Gasteiger partial charge on any atom is -0.389 e. The summed E-state index contributed by atoms with van der Waals surface area (Å²) in [6.45, 7) is 6.55. The second-order valence-electron chi connectivity index (χ2n) is 4.73. The van der Waals surface area contributed by atoms with Crippen molar-refractivity contribution in [3.63, 3.8) is 0 Å². The molecule has 0 aromatic rings. The first kappa shape index (κ1) is 14.3. The maximum Gasteiger partial charge on any atom is 0.235 e. The van der Waals surface area contributed by atoms with Gasteiger partial charge < -0.3 is 21.9 Å². The van der Waals surface area contributed by atoms with Crippen LogP contribution in [0.15, 0.2) is 0 Å². The molecule has 0 aromatic heterocycles. The molecule has 0 spiro atoms. The Morgan fingerprint density at radius 2 is 2.07 bits per heavy atom. The van der Waals surface area contributed by atoms with Crippen molar-refractivity contribution in [3.8, 4) is 0 Å². The molecule has 0 bridgehead atoms. The van der Waals surface area contributed by atoms with Gasteiger partial charge in [0.15, 0.2) is 0 Å². The summed E-state index contributed by atoms with van der Waals surface area (Å²) in [5, 5.41) is 12.9. The van der Waals surface area contributed by atoms with Crippen LogP contribution in [-0.4, -0.2) is 35.7 Å². The number of nitrogens with two attached hydrogens (primary N) is 2. The van der Waals surface area contributed by atoms with Crippen LogP contribution >= 0.6 is 0 Å². The van der Waals surface area contributed by atoms with Crippen molar-refractivity contribution in [1.82, 2.24) is 5.32 Å². The molecule has 90 valence electrons. The van der Waals surface area contributed by atoms with Gasteiger partial charge in [-0.2, -0.15) is 0 Å². The quantitative estimate of drug-likeness (QED) is 0.448. The first-order valence-electron chi connectivity index (χ1n) is 5.22. The summed E-state index contributed by atoms with van der Waals surface area (Å²) in [6, 6.07) is -0.695. The third kappa shape index (κ3) is 7.30. The molecule has 0 aliphatic heterocycles. The lowest BCUT2D eigenvalue weighted by Gasteiger charge is -2.26. The lowest BCUT2D eigenvalue weighted by Crippen LogP contribution is -2.48. The summed E-state index contributed by atoms with van der Waals surface area (Å²) < 4.78 is 0. The van der Waals surface area contributed by atoms with E-state index in [4.69, 9.17) is 11.5 Å². The summed E-state index contributed by atoms with van der Waals surface area (Å²) in [5.41, 5.74) is 9.66. The van der Waals surface area contributed by atoms with E-state index in [9.17, 15) is 9.90 Å². The first-order chi connectivity index (χ1) is 6.74. The average Bonchev–Trinajstić information content (AvgIpc) is 2.00. The van der Waals surface area contributed by atoms with Crippen molar-refractivity contribution in [2.75, 3.05) is 13.1 Å². The SMILES string of the molecule is CC(C)CC(C)(O)CNCC(N)C(N)=O. The molecule has 0 radical (unpaired) electrons. The van der Waals surface area contributed by atoms with Crippen LogP contribution in [0.2, 0.25) is 0 Å². The third-order valence-electron chi connectivity index (χ3n) is 2.08. The molecule has 2 unspecified atom stereocenters. The number of rotatable bonds is 7. The predicted octanol–water partition coefficient (Wildman–Crippen LogP) is -0.814. The second kappa shape index (κ2) is 6.05. The normalized spacial score (nSPS) is 17.5. The lowest BCUT2D eigenvalue weighted by atomic mass is 9.94. The van der Waals surface area contributed by atoms with Crippen molar-refractivity contribution < 1.29 is 9.90 Å². The Hall–Kier alpha value is -0.650. The van der Waals surface area contributed by atoms with Crippen LogP contribution in [0.3, 0.4) is 0 Å². The predicted molar refractivity (Wildman–Crippen MR) is 60.1 cm³/mol. The van der Waals surface area contributed by atoms with Gasteiger partial charge in [-0.25, -0.2) is 0 Å². The Kier molecular flexibility index (Phi) is 5.79. The number of aliphatic hydroxyl groups is 1. The molecule has 5 nitrogen and oxygen atoms in total. The van der Waals surface area contributed by atoms with E-state index >= 15 is 0 Å². The molecule has 0 aromatic carbocycles. The fourth-order valence-corrected chi connectivity index (χ4v) is 1.55. The van der Waals surface area contributed by atoms with Gasteiger partial charge in [0.25, 0.3) is 0 Å². The largest absolute Gasteiger partial charge is 0.389 e. The highest BCUT2D eigenvalue weighted by Gasteiger charge is 2.21. The van der Waals surface area contributed by atoms with E-state index in [-0.39, 0.29) is 0 Å². The molecule has 6 N–H and O–H groups in total. The van der Waals surface area contributed by atoms with Crippen molar-refractivity contribution in [2.45, 2.75) is 38.8 Å². The number of primary amides is 1. The van der Waals surface area contributed by atoms with Crippen LogP contribution < -0.4 is 16.8 Å². The van der Waals surface area contributed by atoms with Gasteiger partial charge in [0.2, 0.25) is 5.91 Å². The molecule has 15 heavy (non-hydrogen) atoms. The number of nitrogens with one attached hydrogen (secondary N) is 1. The van der Waals surface area contributed by atoms with Gasteiger partial charge in [-0.15, -0.1) is 0 Å². The molecule has 0 aliphatic carbocycles. The molecule has 0 heterocycles. The number of amides is 1. The van der Waals surface area contributed by atoms with Crippen molar-refractivity contribution in [1.29, 1.82) is 0 Å². The van der Waals surface area contributed by atoms with Crippen molar-refractivity contribution in [3.05, 3.63) is 0 Å². The highest BCUT2D eigenvalue weighted by atomic mass is 16.3. The minimum atomic E-state index is -0.772. The number of hydrogen-bond acceptors (Lipinski definition) is 4. The van der Waals surface area contributed by atoms with E-state index in [1.54, 1.807) is 6.92 Å². The van der Waals surface area contributed by atoms with Gasteiger partial charge in [-0.3, -0.25) is 4.79 Å². The Labute approximate surface area is 91.2 Å². The molecule has 5 heteroatoms. The van der Waals surface area contributed by atoms with Crippen LogP contribution in [-0.2, 0) is 4.79 Å². The fourth-order valence-electron chi connectivity index (χ4n) is 1.55. The summed E-state index contributed by atoms with van der Waals surface area (Å²) >= 11 is 0.